The van der Waals surface area contributed by atoms with Gasteiger partial charge in [-0.1, -0.05) is 112 Å². The van der Waals surface area contributed by atoms with Crippen LogP contribution < -0.4 is 4.57 Å². The summed E-state index contributed by atoms with van der Waals surface area (Å²) >= 11 is 0. The van der Waals surface area contributed by atoms with Crippen LogP contribution >= 0.6 is 0 Å². The second kappa shape index (κ2) is 15.3. The Labute approximate surface area is 411 Å². The van der Waals surface area contributed by atoms with Gasteiger partial charge in [-0.25, -0.2) is 0 Å². The number of pyridine rings is 4. The molecule has 3 aliphatic rings. The average Bonchev–Trinajstić information content (AvgIpc) is 4.11. The summed E-state index contributed by atoms with van der Waals surface area (Å²) in [6, 6.07) is 65.0. The van der Waals surface area contributed by atoms with E-state index < -0.39 is 16.4 Å². The molecule has 330 valence electrons. The van der Waals surface area contributed by atoms with E-state index in [9.17, 15) is 0 Å². The number of hydrogen-bond acceptors (Lipinski definition) is 4. The molecule has 5 aromatic carbocycles. The fraction of sp³-hybridized carbons (Fsp3) is 0.131. The topological polar surface area (TPSA) is 60.4 Å². The van der Waals surface area contributed by atoms with Gasteiger partial charge in [0.15, 0.2) is 5.54 Å². The van der Waals surface area contributed by atoms with Gasteiger partial charge in [-0.2, -0.15) is 48.5 Å². The van der Waals surface area contributed by atoms with Gasteiger partial charge in [0, 0.05) is 73.5 Å². The van der Waals surface area contributed by atoms with Crippen LogP contribution in [-0.4, -0.2) is 24.5 Å². The monoisotopic (exact) mass is 1060 g/mol. The Morgan fingerprint density at radius 2 is 0.941 bits per heavy atom. The maximum Gasteiger partial charge on any atom is 0.204 e. The largest absolute Gasteiger partial charge is 0.354 e. The van der Waals surface area contributed by atoms with Gasteiger partial charge < -0.3 is 9.13 Å². The first kappa shape index (κ1) is 42.0. The minimum atomic E-state index is -0.955. The molecule has 0 amide bonds. The molecule has 3 aliphatic carbocycles. The number of nitrogens with zero attached hydrogens (tertiary/aromatic N) is 6. The van der Waals surface area contributed by atoms with E-state index in [1.54, 1.807) is 0 Å². The van der Waals surface area contributed by atoms with E-state index in [1.165, 1.54) is 5.56 Å². The molecule has 0 bridgehead atoms. The van der Waals surface area contributed by atoms with Gasteiger partial charge in [-0.05, 0) is 81.5 Å². The molecule has 0 spiro atoms. The predicted octanol–water partition coefficient (Wildman–Crippen LogP) is 11.1. The van der Waals surface area contributed by atoms with Crippen molar-refractivity contribution in [1.29, 1.82) is 0 Å². The van der Waals surface area contributed by atoms with Crippen LogP contribution in [0.5, 0.6) is 0 Å². The number of aryl methyl sites for hydroxylation is 1. The minimum Gasteiger partial charge on any atom is -0.354 e. The van der Waals surface area contributed by atoms with Crippen molar-refractivity contribution in [3.63, 3.8) is 0 Å². The van der Waals surface area contributed by atoms with Crippen LogP contribution in [0.25, 0.3) is 33.4 Å². The van der Waals surface area contributed by atoms with Crippen molar-refractivity contribution >= 4 is 0 Å². The van der Waals surface area contributed by atoms with Gasteiger partial charge in [-0.3, -0.25) is 19.9 Å². The Kier molecular flexibility index (Phi) is 9.46. The quantitative estimate of drug-likeness (QED) is 0.123. The Balaban J connectivity index is 0.00000480. The van der Waals surface area contributed by atoms with Crippen molar-refractivity contribution < 1.29 is 25.6 Å². The number of aromatic nitrogens is 6. The van der Waals surface area contributed by atoms with Gasteiger partial charge in [-0.15, -0.1) is 22.3 Å². The first-order valence-electron chi connectivity index (χ1n) is 22.9. The van der Waals surface area contributed by atoms with Crippen molar-refractivity contribution in [2.24, 2.45) is 7.05 Å². The molecule has 10 aromatic rings. The average molecular weight is 1060 g/mol. The van der Waals surface area contributed by atoms with Crippen LogP contribution in [-0.2, 0) is 49.9 Å². The maximum absolute atomic E-state index is 5.38. The normalized spacial score (nSPS) is 19.2. The summed E-state index contributed by atoms with van der Waals surface area (Å²) in [7, 11) is 2.01. The number of imidazole rings is 1. The maximum atomic E-state index is 5.38. The van der Waals surface area contributed by atoms with E-state index in [0.717, 1.165) is 95.1 Å². The van der Waals surface area contributed by atoms with Crippen molar-refractivity contribution in [1.82, 2.24) is 24.5 Å². The molecule has 0 saturated carbocycles. The van der Waals surface area contributed by atoms with Gasteiger partial charge >= 0.3 is 0 Å². The summed E-state index contributed by atoms with van der Waals surface area (Å²) in [5, 5.41) is 0. The van der Waals surface area contributed by atoms with E-state index in [1.807, 2.05) is 60.8 Å². The van der Waals surface area contributed by atoms with Crippen molar-refractivity contribution in [3.05, 3.63) is 281 Å². The third kappa shape index (κ3) is 5.52. The molecule has 0 aliphatic heterocycles. The SMILES string of the molecule is C[n+]1[c-]n(C2(c3[c-]c(C4(c5[c-]c(C6(c7cc(C(C)(C)C)ccn7)c7ccccc7-c7cccnc76)ccc5)c5ccccc5-c5cccnc54)ccc3)c3ccccc3-c3cccnc32)cc1.[Pt]. The van der Waals surface area contributed by atoms with E-state index in [2.05, 4.69) is 190 Å². The first-order chi connectivity index (χ1) is 32.8. The van der Waals surface area contributed by atoms with Crippen LogP contribution in [0.3, 0.4) is 0 Å². The smallest absolute Gasteiger partial charge is 0.204 e. The minimum absolute atomic E-state index is 0. The fourth-order valence-electron chi connectivity index (χ4n) is 11.8. The van der Waals surface area contributed by atoms with Gasteiger partial charge in [0.05, 0.1) is 29.5 Å². The van der Waals surface area contributed by atoms with E-state index >= 15 is 0 Å². The van der Waals surface area contributed by atoms with Crippen LogP contribution in [0.1, 0.15) is 88.1 Å². The summed E-state index contributed by atoms with van der Waals surface area (Å²) in [6.45, 7) is 6.77. The van der Waals surface area contributed by atoms with Gasteiger partial charge in [0.2, 0.25) is 6.33 Å². The molecule has 0 saturated heterocycles. The Bertz CT molecular complexity index is 3500. The van der Waals surface area contributed by atoms with Crippen LogP contribution in [0.15, 0.2) is 195 Å². The molecule has 3 unspecified atom stereocenters. The van der Waals surface area contributed by atoms with Crippen LogP contribution in [0, 0.1) is 18.5 Å². The standard InChI is InChI=1S/C61H44N6.Pt/c1-58(2,3)40-29-33-62-54(38-40)60(52-27-9-6-21-46(52)49-24-14-31-64-56(49)60)43-18-11-16-41(36-43)59(51-26-8-5-20-45(51)48-23-13-30-63-55(48)59)42-17-12-19-44(37-42)61(67-35-34-66(4)39-67)53-28-10-7-22-47(53)50-25-15-32-65-57(50)61;/h5-35,38H,1-4H3;/q-2;. The Morgan fingerprint density at radius 3 is 1.53 bits per heavy atom. The van der Waals surface area contributed by atoms with Crippen molar-refractivity contribution in [3.8, 4) is 33.4 Å². The third-order valence-corrected chi connectivity index (χ3v) is 14.6. The summed E-state index contributed by atoms with van der Waals surface area (Å²) < 4.78 is 4.15. The molecular weight excluding hydrogens is 1010 g/mol. The molecule has 5 heterocycles. The second-order valence-corrected chi connectivity index (χ2v) is 19.1. The predicted molar refractivity (Wildman–Crippen MR) is 260 cm³/mol. The number of rotatable bonds is 6. The van der Waals surface area contributed by atoms with Gasteiger partial charge in [0.25, 0.3) is 0 Å². The first-order valence-corrected chi connectivity index (χ1v) is 22.9. The summed E-state index contributed by atoms with van der Waals surface area (Å²) in [5.41, 5.74) is 16.0. The van der Waals surface area contributed by atoms with Crippen molar-refractivity contribution in [2.45, 2.75) is 42.6 Å². The van der Waals surface area contributed by atoms with Crippen molar-refractivity contribution in [2.75, 3.05) is 0 Å². The molecule has 5 aromatic heterocycles. The summed E-state index contributed by atoms with van der Waals surface area (Å²) in [5.74, 6) is 0. The molecule has 13 rings (SSSR count). The Hall–Kier alpha value is -7.40. The molecule has 3 atom stereocenters. The zero-order chi connectivity index (χ0) is 45.1. The van der Waals surface area contributed by atoms with Gasteiger partial charge in [0.1, 0.15) is 5.69 Å². The molecule has 68 heavy (non-hydrogen) atoms. The molecule has 0 fully saturated rings. The molecular formula is C61H44N6Pt-2. The number of hydrogen-bond donors (Lipinski definition) is 0. The second-order valence-electron chi connectivity index (χ2n) is 19.1. The number of fused-ring (bicyclic) bond motifs is 9. The zero-order valence-corrected chi connectivity index (χ0v) is 40.2. The van der Waals surface area contributed by atoms with E-state index in [-0.39, 0.29) is 26.5 Å². The fourth-order valence-corrected chi connectivity index (χ4v) is 11.8. The van der Waals surface area contributed by atoms with E-state index in [0.29, 0.717) is 0 Å². The zero-order valence-electron chi connectivity index (χ0n) is 38.0. The molecule has 0 N–H and O–H groups in total. The van der Waals surface area contributed by atoms with Crippen LogP contribution in [0.4, 0.5) is 0 Å². The summed E-state index contributed by atoms with van der Waals surface area (Å²) in [6.07, 6.45) is 15.5. The Morgan fingerprint density at radius 1 is 0.471 bits per heavy atom. The van der Waals surface area contributed by atoms with E-state index in [4.69, 9.17) is 19.9 Å². The molecule has 7 heteroatoms. The third-order valence-electron chi connectivity index (χ3n) is 14.6. The molecule has 6 nitrogen and oxygen atoms in total. The molecule has 0 radical (unpaired) electrons. The number of benzene rings is 5. The summed E-state index contributed by atoms with van der Waals surface area (Å²) in [4.78, 5) is 21.2. The van der Waals surface area contributed by atoms with Crippen LogP contribution in [0.2, 0.25) is 0 Å².